The average Bonchev–Trinajstić information content (AvgIpc) is 2.79. The molecule has 1 heterocycles. The van der Waals surface area contributed by atoms with Gasteiger partial charge in [0.2, 0.25) is 0 Å². The summed E-state index contributed by atoms with van der Waals surface area (Å²) in [6.45, 7) is 0. The van der Waals surface area contributed by atoms with Crippen molar-refractivity contribution < 1.29 is 17.0 Å². The number of benzene rings is 2. The molecular weight excluding hydrogens is 467 g/mol. The molecule has 1 aliphatic heterocycles. The molecule has 158 valence electrons. The van der Waals surface area contributed by atoms with E-state index in [0.717, 1.165) is 0 Å². The standard InChI is InChI=1S/C27H27N2Se.ClH/c1-28(2)24-14-10-20(11-15-24)23-18-26(21-8-6-5-7-9-21)30-27(19-23)22-12-16-25(17-13-22)29(3)4;/h5-19H,1-4H3;1H/q+1;/p-1. The van der Waals surface area contributed by atoms with E-state index in [-0.39, 0.29) is 27.4 Å². The van der Waals surface area contributed by atoms with Crippen molar-refractivity contribution in [1.82, 2.24) is 0 Å². The molecule has 0 atom stereocenters. The summed E-state index contributed by atoms with van der Waals surface area (Å²) in [4.78, 5) is 2.14. The first-order valence-electron chi connectivity index (χ1n) is 10.1. The van der Waals surface area contributed by atoms with Crippen molar-refractivity contribution >= 4 is 36.4 Å². The zero-order chi connectivity index (χ0) is 21.1. The first-order valence-corrected chi connectivity index (χ1v) is 11.8. The SMILES string of the molecule is CN(C)c1ccc(C2=CC(=C3C=CC(=[N+](C)C)C=C3)[Se]C(c3ccccc3)=C2)cc1.[Cl-]. The second-order valence-corrected chi connectivity index (χ2v) is 10.1. The van der Waals surface area contributed by atoms with E-state index in [2.05, 4.69) is 129 Å². The largest absolute Gasteiger partial charge is 1.00 e. The smallest absolute Gasteiger partial charge is 1.00 e. The minimum Gasteiger partial charge on any atom is -1.00 e. The van der Waals surface area contributed by atoms with Gasteiger partial charge >= 0.3 is 186 Å². The molecule has 2 aliphatic rings. The van der Waals surface area contributed by atoms with Gasteiger partial charge < -0.3 is 12.4 Å². The number of allylic oxidation sites excluding steroid dienone is 9. The van der Waals surface area contributed by atoms with Crippen LogP contribution < -0.4 is 17.3 Å². The molecule has 2 aromatic rings. The van der Waals surface area contributed by atoms with Gasteiger partial charge in [0.1, 0.15) is 0 Å². The number of halogens is 1. The molecule has 4 rings (SSSR count). The van der Waals surface area contributed by atoms with Crippen molar-refractivity contribution in [1.29, 1.82) is 0 Å². The summed E-state index contributed by atoms with van der Waals surface area (Å²) >= 11 is 0.258. The molecule has 4 heteroatoms. The quantitative estimate of drug-likeness (QED) is 0.468. The fourth-order valence-corrected chi connectivity index (χ4v) is 5.77. The summed E-state index contributed by atoms with van der Waals surface area (Å²) in [5, 5.41) is 0. The summed E-state index contributed by atoms with van der Waals surface area (Å²) in [5.41, 5.74) is 7.60. The summed E-state index contributed by atoms with van der Waals surface area (Å²) < 4.78 is 4.98. The van der Waals surface area contributed by atoms with Crippen LogP contribution in [0.5, 0.6) is 0 Å². The zero-order valence-electron chi connectivity index (χ0n) is 18.3. The zero-order valence-corrected chi connectivity index (χ0v) is 20.8. The predicted octanol–water partition coefficient (Wildman–Crippen LogP) is 1.99. The predicted molar refractivity (Wildman–Crippen MR) is 131 cm³/mol. The van der Waals surface area contributed by atoms with Gasteiger partial charge in [-0.15, -0.1) is 0 Å². The molecule has 1 aliphatic carbocycles. The Labute approximate surface area is 198 Å². The van der Waals surface area contributed by atoms with E-state index < -0.39 is 0 Å². The minimum atomic E-state index is 0. The molecule has 2 nitrogen and oxygen atoms in total. The van der Waals surface area contributed by atoms with Gasteiger partial charge in [0.05, 0.1) is 0 Å². The van der Waals surface area contributed by atoms with Crippen LogP contribution >= 0.6 is 0 Å². The molecule has 0 N–H and O–H groups in total. The summed E-state index contributed by atoms with van der Waals surface area (Å²) in [6.07, 6.45) is 13.7. The Bertz CT molecular complexity index is 1110. The van der Waals surface area contributed by atoms with Gasteiger partial charge in [-0.3, -0.25) is 0 Å². The maximum Gasteiger partial charge on any atom is -1.00 e. The summed E-state index contributed by atoms with van der Waals surface area (Å²) in [7, 11) is 8.32. The molecule has 0 spiro atoms. The van der Waals surface area contributed by atoms with E-state index in [4.69, 9.17) is 0 Å². The van der Waals surface area contributed by atoms with Crippen LogP contribution in [0.3, 0.4) is 0 Å². The second-order valence-electron chi connectivity index (χ2n) is 7.82. The Morgan fingerprint density at radius 2 is 1.39 bits per heavy atom. The molecular formula is C27H27ClN2Se. The van der Waals surface area contributed by atoms with Gasteiger partial charge in [-0.05, 0) is 0 Å². The topological polar surface area (TPSA) is 6.25 Å². The molecule has 0 radical (unpaired) electrons. The van der Waals surface area contributed by atoms with Gasteiger partial charge in [-0.2, -0.15) is 0 Å². The van der Waals surface area contributed by atoms with Crippen LogP contribution in [0.2, 0.25) is 0 Å². The van der Waals surface area contributed by atoms with E-state index in [0.29, 0.717) is 0 Å². The van der Waals surface area contributed by atoms with Crippen molar-refractivity contribution in [2.75, 3.05) is 33.1 Å². The molecule has 2 aromatic carbocycles. The van der Waals surface area contributed by atoms with E-state index in [1.54, 1.807) is 0 Å². The Hall–Kier alpha value is -2.58. The maximum atomic E-state index is 2.38. The first-order chi connectivity index (χ1) is 14.5. The number of rotatable bonds is 3. The van der Waals surface area contributed by atoms with Crippen LogP contribution in [0.1, 0.15) is 11.1 Å². The minimum absolute atomic E-state index is 0. The number of nitrogens with zero attached hydrogens (tertiary/aromatic N) is 2. The molecule has 0 fully saturated rings. The molecule has 31 heavy (non-hydrogen) atoms. The molecule has 0 bridgehead atoms. The number of hydrogen-bond acceptors (Lipinski definition) is 1. The average molecular weight is 494 g/mol. The van der Waals surface area contributed by atoms with Gasteiger partial charge in [0.25, 0.3) is 0 Å². The van der Waals surface area contributed by atoms with Crippen LogP contribution in [-0.4, -0.2) is 53.4 Å². The number of anilines is 1. The van der Waals surface area contributed by atoms with Crippen molar-refractivity contribution in [3.63, 3.8) is 0 Å². The normalized spacial score (nSPS) is 15.3. The van der Waals surface area contributed by atoms with Crippen molar-refractivity contribution in [3.8, 4) is 0 Å². The Morgan fingerprint density at radius 1 is 0.742 bits per heavy atom. The van der Waals surface area contributed by atoms with Crippen LogP contribution in [0.25, 0.3) is 10.0 Å². The Balaban J connectivity index is 0.00000272. The number of hydrogen-bond donors (Lipinski definition) is 0. The van der Waals surface area contributed by atoms with E-state index in [9.17, 15) is 0 Å². The Kier molecular flexibility index (Phi) is 7.56. The fraction of sp³-hybridized carbons (Fsp3) is 0.148. The van der Waals surface area contributed by atoms with Crippen LogP contribution in [0.4, 0.5) is 5.69 Å². The van der Waals surface area contributed by atoms with E-state index in [1.807, 2.05) is 0 Å². The van der Waals surface area contributed by atoms with Gasteiger partial charge in [0, 0.05) is 0 Å². The van der Waals surface area contributed by atoms with E-state index >= 15 is 0 Å². The summed E-state index contributed by atoms with van der Waals surface area (Å²) in [5.74, 6) is 0. The molecule has 0 saturated carbocycles. The van der Waals surface area contributed by atoms with Gasteiger partial charge in [0.15, 0.2) is 0 Å². The monoisotopic (exact) mass is 494 g/mol. The molecule has 0 aromatic heterocycles. The maximum absolute atomic E-state index is 2.38. The van der Waals surface area contributed by atoms with Crippen LogP contribution in [0, 0.1) is 0 Å². The van der Waals surface area contributed by atoms with E-state index in [1.165, 1.54) is 42.6 Å². The van der Waals surface area contributed by atoms with Crippen molar-refractivity contribution in [2.24, 2.45) is 0 Å². The third-order valence-electron chi connectivity index (χ3n) is 5.24. The Morgan fingerprint density at radius 3 is 1.97 bits per heavy atom. The molecule has 0 saturated heterocycles. The van der Waals surface area contributed by atoms with Gasteiger partial charge in [-0.25, -0.2) is 0 Å². The van der Waals surface area contributed by atoms with Crippen molar-refractivity contribution in [2.45, 2.75) is 0 Å². The van der Waals surface area contributed by atoms with Crippen LogP contribution in [0.15, 0.2) is 101 Å². The van der Waals surface area contributed by atoms with Gasteiger partial charge in [-0.1, -0.05) is 0 Å². The van der Waals surface area contributed by atoms with Crippen molar-refractivity contribution in [3.05, 3.63) is 112 Å². The molecule has 0 amide bonds. The fourth-order valence-electron chi connectivity index (χ4n) is 3.43. The third kappa shape index (κ3) is 5.37. The second kappa shape index (κ2) is 10.2. The summed E-state index contributed by atoms with van der Waals surface area (Å²) in [6, 6.07) is 19.6. The third-order valence-corrected chi connectivity index (χ3v) is 7.64. The molecule has 0 unspecified atom stereocenters. The van der Waals surface area contributed by atoms with Crippen LogP contribution in [-0.2, 0) is 0 Å². The first kappa shape index (κ1) is 23.1.